The van der Waals surface area contributed by atoms with Crippen molar-refractivity contribution in [1.29, 1.82) is 0 Å². The van der Waals surface area contributed by atoms with Gasteiger partial charge in [0, 0.05) is 4.47 Å². The van der Waals surface area contributed by atoms with E-state index in [1.165, 1.54) is 19.1 Å². The highest BCUT2D eigenvalue weighted by Gasteiger charge is 2.29. The van der Waals surface area contributed by atoms with Crippen molar-refractivity contribution in [2.75, 3.05) is 6.54 Å². The Kier molecular flexibility index (Phi) is 5.16. The number of rotatable bonds is 4. The molecule has 0 aromatic heterocycles. The lowest BCUT2D eigenvalue weighted by Crippen LogP contribution is -2.41. The van der Waals surface area contributed by atoms with Gasteiger partial charge in [-0.2, -0.15) is 13.2 Å². The first-order valence-corrected chi connectivity index (χ1v) is 5.94. The van der Waals surface area contributed by atoms with Crippen LogP contribution in [0, 0.1) is 5.82 Å². The summed E-state index contributed by atoms with van der Waals surface area (Å²) in [5.41, 5.74) is 0. The van der Waals surface area contributed by atoms with Gasteiger partial charge in [0.15, 0.2) is 17.7 Å². The average molecular weight is 344 g/mol. The number of halogens is 5. The van der Waals surface area contributed by atoms with Crippen molar-refractivity contribution in [2.24, 2.45) is 0 Å². The van der Waals surface area contributed by atoms with Gasteiger partial charge in [-0.3, -0.25) is 4.79 Å². The zero-order valence-electron chi connectivity index (χ0n) is 9.72. The molecule has 3 nitrogen and oxygen atoms in total. The van der Waals surface area contributed by atoms with Crippen molar-refractivity contribution in [3.05, 3.63) is 28.5 Å². The largest absolute Gasteiger partial charge is 0.478 e. The maximum atomic E-state index is 13.4. The van der Waals surface area contributed by atoms with Gasteiger partial charge in [0.1, 0.15) is 6.54 Å². The number of hydrogen-bond donors (Lipinski definition) is 1. The highest BCUT2D eigenvalue weighted by Crippen LogP contribution is 2.22. The van der Waals surface area contributed by atoms with Crippen LogP contribution in [0.5, 0.6) is 5.75 Å². The number of carbonyl (C=O) groups is 1. The first kappa shape index (κ1) is 15.7. The van der Waals surface area contributed by atoms with E-state index in [1.54, 1.807) is 5.32 Å². The second-order valence-electron chi connectivity index (χ2n) is 3.67. The molecule has 0 heterocycles. The summed E-state index contributed by atoms with van der Waals surface area (Å²) >= 11 is 3.04. The third kappa shape index (κ3) is 5.46. The molecule has 1 atom stereocenters. The first-order chi connectivity index (χ1) is 8.69. The van der Waals surface area contributed by atoms with E-state index in [-0.39, 0.29) is 5.75 Å². The van der Waals surface area contributed by atoms with Crippen LogP contribution >= 0.6 is 15.9 Å². The molecule has 8 heteroatoms. The molecule has 1 rings (SSSR count). The predicted octanol–water partition coefficient (Wildman–Crippen LogP) is 3.03. The van der Waals surface area contributed by atoms with Gasteiger partial charge in [0.2, 0.25) is 0 Å². The second kappa shape index (κ2) is 6.23. The lowest BCUT2D eigenvalue weighted by Gasteiger charge is -2.16. The number of hydrogen-bond acceptors (Lipinski definition) is 2. The molecular formula is C11H10BrF4NO2. The molecule has 1 aromatic rings. The van der Waals surface area contributed by atoms with Crippen LogP contribution in [-0.4, -0.2) is 24.7 Å². The van der Waals surface area contributed by atoms with E-state index in [2.05, 4.69) is 15.9 Å². The van der Waals surface area contributed by atoms with Crippen molar-refractivity contribution in [3.8, 4) is 5.75 Å². The minimum atomic E-state index is -4.50. The number of alkyl halides is 3. The van der Waals surface area contributed by atoms with E-state index >= 15 is 0 Å². The summed E-state index contributed by atoms with van der Waals surface area (Å²) in [5, 5.41) is 1.65. The van der Waals surface area contributed by atoms with Gasteiger partial charge in [-0.15, -0.1) is 0 Å². The molecule has 19 heavy (non-hydrogen) atoms. The number of nitrogens with one attached hydrogen (secondary N) is 1. The van der Waals surface area contributed by atoms with Crippen LogP contribution in [-0.2, 0) is 4.79 Å². The van der Waals surface area contributed by atoms with Gasteiger partial charge < -0.3 is 10.1 Å². The third-order valence-electron chi connectivity index (χ3n) is 2.03. The van der Waals surface area contributed by atoms with Crippen LogP contribution in [0.3, 0.4) is 0 Å². The molecule has 0 bridgehead atoms. The van der Waals surface area contributed by atoms with E-state index in [0.29, 0.717) is 4.47 Å². The number of ether oxygens (including phenoxy) is 1. The molecule has 0 aliphatic heterocycles. The van der Waals surface area contributed by atoms with E-state index in [4.69, 9.17) is 4.74 Å². The number of benzene rings is 1. The zero-order valence-corrected chi connectivity index (χ0v) is 11.3. The molecule has 1 unspecified atom stereocenters. The Morgan fingerprint density at radius 3 is 2.63 bits per heavy atom. The van der Waals surface area contributed by atoms with Gasteiger partial charge in [0.25, 0.3) is 5.91 Å². The van der Waals surface area contributed by atoms with E-state index in [0.717, 1.165) is 6.07 Å². The van der Waals surface area contributed by atoms with Crippen LogP contribution in [0.15, 0.2) is 22.7 Å². The lowest BCUT2D eigenvalue weighted by atomic mass is 10.3. The fraction of sp³-hybridized carbons (Fsp3) is 0.364. The zero-order chi connectivity index (χ0) is 14.6. The Balaban J connectivity index is 2.59. The van der Waals surface area contributed by atoms with Gasteiger partial charge in [-0.05, 0) is 25.1 Å². The van der Waals surface area contributed by atoms with Crippen molar-refractivity contribution in [3.63, 3.8) is 0 Å². The summed E-state index contributed by atoms with van der Waals surface area (Å²) in [6.07, 6.45) is -5.74. The molecule has 0 saturated carbocycles. The monoisotopic (exact) mass is 343 g/mol. The highest BCUT2D eigenvalue weighted by atomic mass is 79.9. The molecule has 106 valence electrons. The Hall–Kier alpha value is -1.31. The molecule has 0 aliphatic rings. The average Bonchev–Trinajstić information content (AvgIpc) is 2.28. The van der Waals surface area contributed by atoms with Crippen LogP contribution < -0.4 is 10.1 Å². The summed E-state index contributed by atoms with van der Waals surface area (Å²) in [5.74, 6) is -1.90. The predicted molar refractivity (Wildman–Crippen MR) is 63.3 cm³/mol. The Morgan fingerprint density at radius 1 is 1.47 bits per heavy atom. The van der Waals surface area contributed by atoms with E-state index < -0.39 is 30.5 Å². The molecule has 0 fully saturated rings. The molecule has 0 aliphatic carbocycles. The fourth-order valence-electron chi connectivity index (χ4n) is 1.15. The van der Waals surface area contributed by atoms with Gasteiger partial charge in [0.05, 0.1) is 0 Å². The van der Waals surface area contributed by atoms with Crippen molar-refractivity contribution < 1.29 is 27.1 Å². The fourth-order valence-corrected chi connectivity index (χ4v) is 1.48. The third-order valence-corrected chi connectivity index (χ3v) is 2.52. The van der Waals surface area contributed by atoms with Gasteiger partial charge in [-0.25, -0.2) is 4.39 Å². The van der Waals surface area contributed by atoms with Gasteiger partial charge >= 0.3 is 6.18 Å². The molecule has 0 spiro atoms. The standard InChI is InChI=1S/C11H10BrF4NO2/c1-6(10(18)17-5-11(14,15)16)19-9-3-2-7(12)4-8(9)13/h2-4,6H,5H2,1H3,(H,17,18). The second-order valence-corrected chi connectivity index (χ2v) is 4.58. The molecule has 1 amide bonds. The van der Waals surface area contributed by atoms with Gasteiger partial charge in [-0.1, -0.05) is 15.9 Å². The van der Waals surface area contributed by atoms with Crippen LogP contribution in [0.25, 0.3) is 0 Å². The Morgan fingerprint density at radius 2 is 2.11 bits per heavy atom. The minimum Gasteiger partial charge on any atom is -0.478 e. The SMILES string of the molecule is CC(Oc1ccc(Br)cc1F)C(=O)NCC(F)(F)F. The Labute approximate surface area is 115 Å². The minimum absolute atomic E-state index is 0.210. The maximum Gasteiger partial charge on any atom is 0.405 e. The van der Waals surface area contributed by atoms with Crippen LogP contribution in [0.2, 0.25) is 0 Å². The molecule has 0 saturated heterocycles. The van der Waals surface area contributed by atoms with Crippen LogP contribution in [0.1, 0.15) is 6.92 Å². The summed E-state index contributed by atoms with van der Waals surface area (Å²) < 4.78 is 54.5. The molecule has 0 radical (unpaired) electrons. The topological polar surface area (TPSA) is 38.3 Å². The summed E-state index contributed by atoms with van der Waals surface area (Å²) in [7, 11) is 0. The first-order valence-electron chi connectivity index (χ1n) is 5.15. The van der Waals surface area contributed by atoms with Crippen molar-refractivity contribution in [1.82, 2.24) is 5.32 Å². The normalized spacial score (nSPS) is 12.9. The van der Waals surface area contributed by atoms with Crippen molar-refractivity contribution in [2.45, 2.75) is 19.2 Å². The van der Waals surface area contributed by atoms with Crippen molar-refractivity contribution >= 4 is 21.8 Å². The number of carbonyl (C=O) groups excluding carboxylic acids is 1. The maximum absolute atomic E-state index is 13.4. The molecule has 1 N–H and O–H groups in total. The number of amides is 1. The van der Waals surface area contributed by atoms with E-state index in [9.17, 15) is 22.4 Å². The summed E-state index contributed by atoms with van der Waals surface area (Å²) in [4.78, 5) is 11.3. The Bertz CT molecular complexity index is 464. The highest BCUT2D eigenvalue weighted by molar-refractivity contribution is 9.10. The molecule has 1 aromatic carbocycles. The molecular weight excluding hydrogens is 334 g/mol. The summed E-state index contributed by atoms with van der Waals surface area (Å²) in [6.45, 7) is -0.227. The van der Waals surface area contributed by atoms with Crippen LogP contribution in [0.4, 0.5) is 17.6 Å². The van der Waals surface area contributed by atoms with E-state index in [1.807, 2.05) is 0 Å². The smallest absolute Gasteiger partial charge is 0.405 e. The summed E-state index contributed by atoms with van der Waals surface area (Å²) in [6, 6.07) is 3.88. The lowest BCUT2D eigenvalue weighted by molar-refractivity contribution is -0.142. The quantitative estimate of drug-likeness (QED) is 0.853.